The highest BCUT2D eigenvalue weighted by atomic mass is 19.3. The van der Waals surface area contributed by atoms with E-state index in [1.165, 1.54) is 24.4 Å². The summed E-state index contributed by atoms with van der Waals surface area (Å²) >= 11 is 0. The molecule has 1 aliphatic heterocycles. The highest BCUT2D eigenvalue weighted by Gasteiger charge is 2.45. The number of H-pyrrole nitrogens is 1. The molecule has 0 atom stereocenters. The summed E-state index contributed by atoms with van der Waals surface area (Å²) in [6.45, 7) is -0.707. The molecule has 1 fully saturated rings. The number of aromatic amines is 1. The van der Waals surface area contributed by atoms with E-state index in [9.17, 15) is 8.78 Å². The van der Waals surface area contributed by atoms with Crippen molar-refractivity contribution in [3.8, 4) is 17.4 Å². The van der Waals surface area contributed by atoms with Gasteiger partial charge in [-0.2, -0.15) is 4.98 Å². The minimum absolute atomic E-state index is 0.147. The Morgan fingerprint density at radius 3 is 2.79 bits per heavy atom. The van der Waals surface area contributed by atoms with Gasteiger partial charge >= 0.3 is 6.01 Å². The molecule has 0 aliphatic carbocycles. The number of nitrogens with one attached hydrogen (secondary N) is 1. The number of methoxy groups -OCH3 is 1. The number of aromatic nitrogens is 5. The summed E-state index contributed by atoms with van der Waals surface area (Å²) in [4.78, 5) is 9.57. The normalized spacial score (nSPS) is 17.1. The maximum atomic E-state index is 13.0. The lowest BCUT2D eigenvalue weighted by atomic mass is 10.1. The molecule has 0 spiro atoms. The zero-order chi connectivity index (χ0) is 13.5. The molecule has 19 heavy (non-hydrogen) atoms. The van der Waals surface area contributed by atoms with Crippen molar-refractivity contribution in [3.05, 3.63) is 12.4 Å². The number of alkyl halides is 2. The Balaban J connectivity index is 2.00. The number of ether oxygens (including phenoxy) is 1. The molecule has 3 heterocycles. The fourth-order valence-electron chi connectivity index (χ4n) is 1.88. The van der Waals surface area contributed by atoms with E-state index in [4.69, 9.17) is 4.74 Å². The van der Waals surface area contributed by atoms with Gasteiger partial charge in [0.05, 0.1) is 38.3 Å². The topological polar surface area (TPSA) is 79.8 Å². The van der Waals surface area contributed by atoms with Crippen molar-refractivity contribution in [1.29, 1.82) is 0 Å². The standard InChI is InChI=1S/C10H10F2N6O/c1-19-9-13-3-7(18-4-10(11,12)5-18)8(15-9)6-2-14-17-16-6/h2-3H,4-5H2,1H3,(H,14,16,17). The summed E-state index contributed by atoms with van der Waals surface area (Å²) in [6, 6.07) is 0.147. The quantitative estimate of drug-likeness (QED) is 0.883. The molecule has 3 rings (SSSR count). The molecule has 7 nitrogen and oxygen atoms in total. The first-order chi connectivity index (χ1) is 9.09. The lowest BCUT2D eigenvalue weighted by Crippen LogP contribution is -2.56. The van der Waals surface area contributed by atoms with Crippen LogP contribution in [0.4, 0.5) is 14.5 Å². The van der Waals surface area contributed by atoms with E-state index in [1.54, 1.807) is 0 Å². The molecule has 1 aliphatic rings. The van der Waals surface area contributed by atoms with Crippen molar-refractivity contribution in [2.75, 3.05) is 25.1 Å². The minimum atomic E-state index is -2.67. The zero-order valence-electron chi connectivity index (χ0n) is 9.97. The molecule has 0 bridgehead atoms. The molecule has 2 aromatic rings. The van der Waals surface area contributed by atoms with Gasteiger partial charge < -0.3 is 9.64 Å². The molecule has 100 valence electrons. The SMILES string of the molecule is COc1ncc(N2CC(F)(F)C2)c(-c2c[nH]nn2)n1. The van der Waals surface area contributed by atoms with Gasteiger partial charge in [0.1, 0.15) is 11.4 Å². The van der Waals surface area contributed by atoms with Crippen LogP contribution in [-0.2, 0) is 0 Å². The maximum absolute atomic E-state index is 13.0. The molecular formula is C10H10F2N6O. The molecule has 9 heteroatoms. The Bertz CT molecular complexity index is 580. The minimum Gasteiger partial charge on any atom is -0.467 e. The second-order valence-corrected chi connectivity index (χ2v) is 4.16. The molecule has 0 aromatic carbocycles. The van der Waals surface area contributed by atoms with E-state index in [-0.39, 0.29) is 19.1 Å². The summed E-state index contributed by atoms with van der Waals surface area (Å²) < 4.78 is 30.8. The van der Waals surface area contributed by atoms with Gasteiger partial charge in [0.25, 0.3) is 5.92 Å². The van der Waals surface area contributed by atoms with Crippen molar-refractivity contribution >= 4 is 5.69 Å². The number of anilines is 1. The van der Waals surface area contributed by atoms with Crippen molar-refractivity contribution in [2.45, 2.75) is 5.92 Å². The Kier molecular flexibility index (Phi) is 2.54. The smallest absolute Gasteiger partial charge is 0.316 e. The van der Waals surface area contributed by atoms with Gasteiger partial charge in [0.15, 0.2) is 0 Å². The zero-order valence-corrected chi connectivity index (χ0v) is 9.97. The van der Waals surface area contributed by atoms with Crippen molar-refractivity contribution < 1.29 is 13.5 Å². The van der Waals surface area contributed by atoms with E-state index in [2.05, 4.69) is 25.4 Å². The maximum Gasteiger partial charge on any atom is 0.316 e. The monoisotopic (exact) mass is 268 g/mol. The van der Waals surface area contributed by atoms with E-state index in [0.29, 0.717) is 17.1 Å². The number of rotatable bonds is 3. The predicted molar refractivity (Wildman–Crippen MR) is 61.1 cm³/mol. The van der Waals surface area contributed by atoms with Gasteiger partial charge in [0, 0.05) is 0 Å². The van der Waals surface area contributed by atoms with Gasteiger partial charge in [-0.15, -0.1) is 5.10 Å². The van der Waals surface area contributed by atoms with Crippen LogP contribution in [0.1, 0.15) is 0 Å². The molecule has 0 radical (unpaired) electrons. The van der Waals surface area contributed by atoms with Gasteiger partial charge in [-0.1, -0.05) is 5.21 Å². The van der Waals surface area contributed by atoms with E-state index >= 15 is 0 Å². The third-order valence-corrected chi connectivity index (χ3v) is 2.77. The predicted octanol–water partition coefficient (Wildman–Crippen LogP) is 0.726. The lowest BCUT2D eigenvalue weighted by molar-refractivity contribution is -0.0262. The third kappa shape index (κ3) is 2.07. The fourth-order valence-corrected chi connectivity index (χ4v) is 1.88. The summed E-state index contributed by atoms with van der Waals surface area (Å²) in [5.74, 6) is -2.67. The van der Waals surface area contributed by atoms with Crippen LogP contribution in [0.2, 0.25) is 0 Å². The number of halogens is 2. The van der Waals surface area contributed by atoms with E-state index < -0.39 is 5.92 Å². The van der Waals surface area contributed by atoms with Crippen molar-refractivity contribution in [2.24, 2.45) is 0 Å². The first kappa shape index (κ1) is 11.8. The molecule has 0 amide bonds. The van der Waals surface area contributed by atoms with Crippen LogP contribution in [0.5, 0.6) is 6.01 Å². The van der Waals surface area contributed by atoms with Crippen LogP contribution >= 0.6 is 0 Å². The average Bonchev–Trinajstić information content (AvgIpc) is 2.89. The molecule has 2 aromatic heterocycles. The molecule has 1 saturated heterocycles. The molecule has 0 unspecified atom stereocenters. The first-order valence-electron chi connectivity index (χ1n) is 5.50. The van der Waals surface area contributed by atoms with E-state index in [0.717, 1.165) is 0 Å². The van der Waals surface area contributed by atoms with Crippen LogP contribution in [0.15, 0.2) is 12.4 Å². The highest BCUT2D eigenvalue weighted by Crippen LogP contribution is 2.36. The third-order valence-electron chi connectivity index (χ3n) is 2.77. The summed E-state index contributed by atoms with van der Waals surface area (Å²) in [6.07, 6.45) is 2.98. The number of hydrogen-bond acceptors (Lipinski definition) is 6. The lowest BCUT2D eigenvalue weighted by Gasteiger charge is -2.40. The number of hydrogen-bond donors (Lipinski definition) is 1. The second kappa shape index (κ2) is 4.11. The van der Waals surface area contributed by atoms with Gasteiger partial charge in [-0.3, -0.25) is 5.10 Å². The first-order valence-corrected chi connectivity index (χ1v) is 5.50. The van der Waals surface area contributed by atoms with E-state index in [1.807, 2.05) is 0 Å². The Morgan fingerprint density at radius 1 is 1.42 bits per heavy atom. The fraction of sp³-hybridized carbons (Fsp3) is 0.400. The number of nitrogens with zero attached hydrogens (tertiary/aromatic N) is 5. The summed E-state index contributed by atoms with van der Waals surface area (Å²) in [5, 5.41) is 9.97. The molecule has 1 N–H and O–H groups in total. The highest BCUT2D eigenvalue weighted by molar-refractivity contribution is 5.72. The van der Waals surface area contributed by atoms with Gasteiger partial charge in [-0.05, 0) is 0 Å². The van der Waals surface area contributed by atoms with Crippen LogP contribution < -0.4 is 9.64 Å². The average molecular weight is 268 g/mol. The molecular weight excluding hydrogens is 258 g/mol. The van der Waals surface area contributed by atoms with Crippen LogP contribution in [0.3, 0.4) is 0 Å². The van der Waals surface area contributed by atoms with Crippen molar-refractivity contribution in [1.82, 2.24) is 25.4 Å². The Morgan fingerprint density at radius 2 is 2.21 bits per heavy atom. The van der Waals surface area contributed by atoms with Crippen LogP contribution in [0.25, 0.3) is 11.4 Å². The van der Waals surface area contributed by atoms with Crippen LogP contribution in [-0.4, -0.2) is 51.5 Å². The summed E-state index contributed by atoms with van der Waals surface area (Å²) in [7, 11) is 1.43. The Labute approximate surface area is 106 Å². The van der Waals surface area contributed by atoms with Crippen molar-refractivity contribution in [3.63, 3.8) is 0 Å². The molecule has 0 saturated carbocycles. The van der Waals surface area contributed by atoms with Crippen LogP contribution in [0, 0.1) is 0 Å². The summed E-state index contributed by atoms with van der Waals surface area (Å²) in [5.41, 5.74) is 1.35. The largest absolute Gasteiger partial charge is 0.467 e. The second-order valence-electron chi connectivity index (χ2n) is 4.16. The van der Waals surface area contributed by atoms with Gasteiger partial charge in [-0.25, -0.2) is 13.8 Å². The Hall–Kier alpha value is -2.32. The van der Waals surface area contributed by atoms with Gasteiger partial charge in [0.2, 0.25) is 0 Å².